The van der Waals surface area contributed by atoms with Gasteiger partial charge in [0, 0.05) is 38.1 Å². The second kappa shape index (κ2) is 13.1. The smallest absolute Gasteiger partial charge is 0.167 e. The standard InChI is InChI=1S/C55H32N4O2/c1-2-13-33(14-3-1)34-25-27-35(28-26-34)53-56-54(41-20-12-24-49-50(41)39-18-7-10-22-47(39)60-49)58-55(57-53)42-29-30-45(51-40-19-8-11-23-48(40)61-52(42)51)59-44-21-9-6-17-38(44)43-31-36-15-4-5-16-37(36)32-46(43)59/h1-32H. The molecule has 0 atom stereocenters. The van der Waals surface area contributed by atoms with Gasteiger partial charge in [0.15, 0.2) is 17.5 Å². The van der Waals surface area contributed by atoms with E-state index in [1.807, 2.05) is 48.5 Å². The fraction of sp³-hybridized carbons (Fsp3) is 0. The van der Waals surface area contributed by atoms with Gasteiger partial charge in [-0.2, -0.15) is 0 Å². The Morgan fingerprint density at radius 1 is 0.344 bits per heavy atom. The summed E-state index contributed by atoms with van der Waals surface area (Å²) in [6.07, 6.45) is 0. The first-order chi connectivity index (χ1) is 30.2. The molecule has 0 aliphatic carbocycles. The predicted octanol–water partition coefficient (Wildman–Crippen LogP) is 14.6. The minimum absolute atomic E-state index is 0.515. The van der Waals surface area contributed by atoms with Crippen LogP contribution in [0.4, 0.5) is 0 Å². The molecular formula is C55H32N4O2. The Balaban J connectivity index is 1.08. The van der Waals surface area contributed by atoms with Crippen molar-refractivity contribution in [3.8, 4) is 51.0 Å². The quantitative estimate of drug-likeness (QED) is 0.174. The molecule has 0 aliphatic heterocycles. The van der Waals surface area contributed by atoms with Crippen LogP contribution in [-0.2, 0) is 0 Å². The van der Waals surface area contributed by atoms with Crippen molar-refractivity contribution in [1.29, 1.82) is 0 Å². The Morgan fingerprint density at radius 2 is 0.934 bits per heavy atom. The highest BCUT2D eigenvalue weighted by atomic mass is 16.3. The van der Waals surface area contributed by atoms with E-state index in [0.717, 1.165) is 82.8 Å². The molecule has 4 aromatic heterocycles. The van der Waals surface area contributed by atoms with Gasteiger partial charge in [0.2, 0.25) is 0 Å². The van der Waals surface area contributed by atoms with Gasteiger partial charge in [0.1, 0.15) is 22.3 Å². The number of hydrogen-bond donors (Lipinski definition) is 0. The first-order valence-electron chi connectivity index (χ1n) is 20.4. The van der Waals surface area contributed by atoms with E-state index in [1.165, 1.54) is 21.5 Å². The number of fused-ring (bicyclic) bond motifs is 10. The molecule has 13 aromatic rings. The van der Waals surface area contributed by atoms with Crippen molar-refractivity contribution >= 4 is 76.5 Å². The topological polar surface area (TPSA) is 69.9 Å². The zero-order valence-electron chi connectivity index (χ0n) is 32.6. The van der Waals surface area contributed by atoms with E-state index in [1.54, 1.807) is 0 Å². The summed E-state index contributed by atoms with van der Waals surface area (Å²) in [4.78, 5) is 15.8. The first-order valence-corrected chi connectivity index (χ1v) is 20.4. The number of aromatic nitrogens is 4. The lowest BCUT2D eigenvalue weighted by Gasteiger charge is -2.13. The molecule has 0 N–H and O–H groups in total. The van der Waals surface area contributed by atoms with Gasteiger partial charge in [0.05, 0.1) is 27.7 Å². The average molecular weight is 781 g/mol. The van der Waals surface area contributed by atoms with E-state index in [-0.39, 0.29) is 0 Å². The van der Waals surface area contributed by atoms with E-state index >= 15 is 0 Å². The SMILES string of the molecule is c1ccc(-c2ccc(-c3nc(-c4ccc(-n5c6ccccc6c6cc7ccccc7cc65)c5c4oc4ccccc45)nc(-c4cccc5oc6ccccc6c45)n3)cc2)cc1. The number of benzene rings is 9. The normalized spacial score (nSPS) is 11.9. The summed E-state index contributed by atoms with van der Waals surface area (Å²) in [5, 5.41) is 8.76. The zero-order valence-corrected chi connectivity index (χ0v) is 32.6. The highest BCUT2D eigenvalue weighted by Crippen LogP contribution is 2.44. The van der Waals surface area contributed by atoms with Crippen molar-refractivity contribution in [2.45, 2.75) is 0 Å². The molecule has 0 saturated heterocycles. The van der Waals surface area contributed by atoms with E-state index < -0.39 is 0 Å². The van der Waals surface area contributed by atoms with Gasteiger partial charge in [-0.1, -0.05) is 146 Å². The van der Waals surface area contributed by atoms with Crippen LogP contribution in [0.15, 0.2) is 203 Å². The van der Waals surface area contributed by atoms with Crippen LogP contribution in [0.25, 0.3) is 127 Å². The molecule has 0 saturated carbocycles. The van der Waals surface area contributed by atoms with Gasteiger partial charge in [-0.3, -0.25) is 0 Å². The molecule has 284 valence electrons. The Morgan fingerprint density at radius 3 is 1.74 bits per heavy atom. The summed E-state index contributed by atoms with van der Waals surface area (Å²) in [7, 11) is 0. The maximum absolute atomic E-state index is 6.91. The van der Waals surface area contributed by atoms with Gasteiger partial charge in [0.25, 0.3) is 0 Å². The molecule has 6 nitrogen and oxygen atoms in total. The maximum atomic E-state index is 6.91. The molecule has 4 heterocycles. The third-order valence-electron chi connectivity index (χ3n) is 12.1. The molecule has 0 unspecified atom stereocenters. The summed E-state index contributed by atoms with van der Waals surface area (Å²) in [6, 6.07) is 67.4. The van der Waals surface area contributed by atoms with Gasteiger partial charge in [-0.15, -0.1) is 0 Å². The summed E-state index contributed by atoms with van der Waals surface area (Å²) >= 11 is 0. The van der Waals surface area contributed by atoms with Gasteiger partial charge < -0.3 is 13.4 Å². The summed E-state index contributed by atoms with van der Waals surface area (Å²) in [5.74, 6) is 1.62. The molecule has 6 heteroatoms. The molecule has 0 spiro atoms. The third kappa shape index (κ3) is 5.19. The molecule has 0 bridgehead atoms. The molecule has 9 aromatic carbocycles. The van der Waals surface area contributed by atoms with E-state index in [0.29, 0.717) is 23.1 Å². The van der Waals surface area contributed by atoms with Crippen LogP contribution in [0.3, 0.4) is 0 Å². The lowest BCUT2D eigenvalue weighted by atomic mass is 10.0. The second-order valence-corrected chi connectivity index (χ2v) is 15.5. The highest BCUT2D eigenvalue weighted by Gasteiger charge is 2.24. The predicted molar refractivity (Wildman–Crippen MR) is 248 cm³/mol. The van der Waals surface area contributed by atoms with Crippen LogP contribution in [0, 0.1) is 0 Å². The summed E-state index contributed by atoms with van der Waals surface area (Å²) < 4.78 is 15.6. The number of hydrogen-bond acceptors (Lipinski definition) is 5. The highest BCUT2D eigenvalue weighted by molar-refractivity contribution is 6.18. The van der Waals surface area contributed by atoms with Gasteiger partial charge in [-0.25, -0.2) is 15.0 Å². The molecule has 0 radical (unpaired) electrons. The Hall–Kier alpha value is -8.35. The second-order valence-electron chi connectivity index (χ2n) is 15.5. The largest absolute Gasteiger partial charge is 0.456 e. The molecule has 0 aliphatic rings. The zero-order chi connectivity index (χ0) is 40.0. The minimum Gasteiger partial charge on any atom is -0.456 e. The molecule has 0 amide bonds. The molecule has 0 fully saturated rings. The number of rotatable bonds is 5. The first kappa shape index (κ1) is 33.6. The lowest BCUT2D eigenvalue weighted by Crippen LogP contribution is -2.01. The summed E-state index contributed by atoms with van der Waals surface area (Å²) in [5.41, 5.74) is 11.1. The number of para-hydroxylation sites is 3. The fourth-order valence-corrected chi connectivity index (χ4v) is 9.24. The van der Waals surface area contributed by atoms with Crippen LogP contribution in [0.5, 0.6) is 0 Å². The van der Waals surface area contributed by atoms with E-state index in [4.69, 9.17) is 23.8 Å². The molecular weight excluding hydrogens is 749 g/mol. The van der Waals surface area contributed by atoms with Crippen LogP contribution in [0.1, 0.15) is 0 Å². The number of furan rings is 2. The number of nitrogens with zero attached hydrogens (tertiary/aromatic N) is 4. The molecule has 13 rings (SSSR count). The summed E-state index contributed by atoms with van der Waals surface area (Å²) in [6.45, 7) is 0. The fourth-order valence-electron chi connectivity index (χ4n) is 9.24. The maximum Gasteiger partial charge on any atom is 0.167 e. The van der Waals surface area contributed by atoms with Crippen molar-refractivity contribution < 1.29 is 8.83 Å². The van der Waals surface area contributed by atoms with Gasteiger partial charge in [-0.05, 0) is 70.4 Å². The van der Waals surface area contributed by atoms with Crippen molar-refractivity contribution in [3.05, 3.63) is 194 Å². The van der Waals surface area contributed by atoms with E-state index in [9.17, 15) is 0 Å². The van der Waals surface area contributed by atoms with Crippen LogP contribution >= 0.6 is 0 Å². The van der Waals surface area contributed by atoms with E-state index in [2.05, 4.69) is 150 Å². The van der Waals surface area contributed by atoms with Crippen molar-refractivity contribution in [2.75, 3.05) is 0 Å². The monoisotopic (exact) mass is 780 g/mol. The van der Waals surface area contributed by atoms with Crippen molar-refractivity contribution in [1.82, 2.24) is 19.5 Å². The van der Waals surface area contributed by atoms with Crippen molar-refractivity contribution in [3.63, 3.8) is 0 Å². The van der Waals surface area contributed by atoms with Crippen molar-refractivity contribution in [2.24, 2.45) is 0 Å². The average Bonchev–Trinajstić information content (AvgIpc) is 4.01. The molecule has 61 heavy (non-hydrogen) atoms. The Labute approximate surface area is 348 Å². The van der Waals surface area contributed by atoms with Gasteiger partial charge >= 0.3 is 0 Å². The van der Waals surface area contributed by atoms with Crippen LogP contribution in [0.2, 0.25) is 0 Å². The third-order valence-corrected chi connectivity index (χ3v) is 12.1. The van der Waals surface area contributed by atoms with Crippen LogP contribution < -0.4 is 0 Å². The Bertz CT molecular complexity index is 3880. The lowest BCUT2D eigenvalue weighted by molar-refractivity contribution is 0.668. The van der Waals surface area contributed by atoms with Crippen LogP contribution in [-0.4, -0.2) is 19.5 Å². The Kier molecular flexibility index (Phi) is 7.21. The minimum atomic E-state index is 0.515.